The van der Waals surface area contributed by atoms with Gasteiger partial charge in [-0.3, -0.25) is 9.13 Å². The van der Waals surface area contributed by atoms with Crippen molar-refractivity contribution in [3.8, 4) is 11.5 Å². The maximum atomic E-state index is 12.7. The van der Waals surface area contributed by atoms with Crippen molar-refractivity contribution in [1.82, 2.24) is 19.1 Å². The quantitative estimate of drug-likeness (QED) is 0.674. The second kappa shape index (κ2) is 8.59. The molecule has 3 aromatic rings. The van der Waals surface area contributed by atoms with Crippen molar-refractivity contribution < 1.29 is 9.47 Å². The fourth-order valence-corrected chi connectivity index (χ4v) is 4.74. The molecule has 0 spiro atoms. The number of thioether (sulfide) groups is 1. The van der Waals surface area contributed by atoms with Crippen molar-refractivity contribution in [2.75, 3.05) is 23.6 Å². The fraction of sp³-hybridized carbons (Fsp3) is 0.476. The first-order chi connectivity index (χ1) is 14.5. The van der Waals surface area contributed by atoms with Gasteiger partial charge in [0.1, 0.15) is 5.52 Å². The lowest BCUT2D eigenvalue weighted by molar-refractivity contribution is 0.174. The zero-order valence-corrected chi connectivity index (χ0v) is 18.6. The predicted molar refractivity (Wildman–Crippen MR) is 120 cm³/mol. The average molecular weight is 430 g/mol. The molecule has 0 saturated carbocycles. The molecule has 0 bridgehead atoms. The summed E-state index contributed by atoms with van der Waals surface area (Å²) in [6.07, 6.45) is 3.94. The van der Waals surface area contributed by atoms with Crippen LogP contribution in [0.25, 0.3) is 11.2 Å². The minimum atomic E-state index is -0.0387. The Balaban J connectivity index is 0.000000687. The number of nitrogens with one attached hydrogen (secondary N) is 1. The second-order valence-electron chi connectivity index (χ2n) is 7.48. The number of anilines is 2. The van der Waals surface area contributed by atoms with E-state index < -0.39 is 0 Å². The molecule has 1 unspecified atom stereocenters. The normalized spacial score (nSPS) is 17.1. The molecule has 8 nitrogen and oxygen atoms in total. The maximum Gasteiger partial charge on any atom is 0.330 e. The van der Waals surface area contributed by atoms with Crippen molar-refractivity contribution in [2.24, 2.45) is 7.05 Å². The molecule has 30 heavy (non-hydrogen) atoms. The van der Waals surface area contributed by atoms with Crippen LogP contribution in [0.4, 0.5) is 11.6 Å². The van der Waals surface area contributed by atoms with Gasteiger partial charge >= 0.3 is 5.69 Å². The van der Waals surface area contributed by atoms with Gasteiger partial charge in [0.05, 0.1) is 12.2 Å². The number of benzene rings is 1. The lowest BCUT2D eigenvalue weighted by Gasteiger charge is -2.11. The summed E-state index contributed by atoms with van der Waals surface area (Å²) in [4.78, 5) is 21.8. The zero-order valence-electron chi connectivity index (χ0n) is 17.8. The summed E-state index contributed by atoms with van der Waals surface area (Å²) in [6, 6.07) is 4.00. The van der Waals surface area contributed by atoms with Crippen LogP contribution in [0.2, 0.25) is 0 Å². The highest BCUT2D eigenvalue weighted by atomic mass is 32.2. The van der Waals surface area contributed by atoms with Crippen molar-refractivity contribution in [3.63, 3.8) is 0 Å². The minimum Gasteiger partial charge on any atom is -0.454 e. The van der Waals surface area contributed by atoms with Gasteiger partial charge in [0, 0.05) is 24.6 Å². The van der Waals surface area contributed by atoms with E-state index in [1.54, 1.807) is 17.8 Å². The van der Waals surface area contributed by atoms with Gasteiger partial charge in [-0.2, -0.15) is 16.7 Å². The topological polar surface area (TPSA) is 83.2 Å². The van der Waals surface area contributed by atoms with E-state index in [2.05, 4.69) is 29.1 Å². The molecular weight excluding hydrogens is 402 g/mol. The summed E-state index contributed by atoms with van der Waals surface area (Å²) < 4.78 is 14.3. The first kappa shape index (κ1) is 20.6. The zero-order chi connectivity index (χ0) is 21.3. The van der Waals surface area contributed by atoms with Crippen LogP contribution in [0.1, 0.15) is 38.3 Å². The van der Waals surface area contributed by atoms with Crippen LogP contribution < -0.4 is 20.5 Å². The van der Waals surface area contributed by atoms with Crippen LogP contribution in [0.15, 0.2) is 23.1 Å². The van der Waals surface area contributed by atoms with Crippen LogP contribution in [0.3, 0.4) is 0 Å². The first-order valence-corrected chi connectivity index (χ1v) is 11.4. The molecule has 160 valence electrons. The van der Waals surface area contributed by atoms with Gasteiger partial charge < -0.3 is 14.8 Å². The first-order valence-electron chi connectivity index (χ1n) is 10.2. The summed E-state index contributed by atoms with van der Waals surface area (Å²) in [7, 11) is 1.77. The SMILES string of the molecule is CCC.Cc1cc2c(cc1Nc1ncc3c(n1)n(C1CCSC1)c(=O)n3C)OCO2. The van der Waals surface area contributed by atoms with Crippen LogP contribution in [0, 0.1) is 6.92 Å². The number of aromatic nitrogens is 4. The third-order valence-electron chi connectivity index (χ3n) is 5.07. The third-order valence-corrected chi connectivity index (χ3v) is 6.21. The Bertz CT molecular complexity index is 1120. The Morgan fingerprint density at radius 3 is 2.70 bits per heavy atom. The van der Waals surface area contributed by atoms with Crippen molar-refractivity contribution in [3.05, 3.63) is 34.4 Å². The molecule has 2 aliphatic heterocycles. The largest absolute Gasteiger partial charge is 0.454 e. The Kier molecular flexibility index (Phi) is 5.90. The molecule has 1 atom stereocenters. The lowest BCUT2D eigenvalue weighted by atomic mass is 10.2. The highest BCUT2D eigenvalue weighted by Crippen LogP contribution is 2.37. The van der Waals surface area contributed by atoms with Gasteiger partial charge in [0.15, 0.2) is 17.1 Å². The summed E-state index contributed by atoms with van der Waals surface area (Å²) in [5, 5.41) is 3.25. The molecule has 1 fully saturated rings. The van der Waals surface area contributed by atoms with Crippen LogP contribution in [-0.4, -0.2) is 37.4 Å². The monoisotopic (exact) mass is 429 g/mol. The molecule has 5 rings (SSSR count). The molecule has 2 aliphatic rings. The van der Waals surface area contributed by atoms with E-state index in [1.165, 1.54) is 6.42 Å². The number of ether oxygens (including phenoxy) is 2. The molecule has 2 aromatic heterocycles. The number of hydrogen-bond donors (Lipinski definition) is 1. The van der Waals surface area contributed by atoms with Gasteiger partial charge in [0.2, 0.25) is 12.7 Å². The predicted octanol–water partition coefficient (Wildman–Crippen LogP) is 4.01. The standard InChI is InChI=1S/C18H19N5O3S.C3H8/c1-10-5-14-15(26-9-25-14)6-12(10)20-17-19-7-13-16(21-17)23(18(24)22(13)2)11-3-4-27-8-11;1-3-2/h5-7,11H,3-4,8-9H2,1-2H3,(H,19,20,21);3H2,1-2H3. The summed E-state index contributed by atoms with van der Waals surface area (Å²) in [5.74, 6) is 3.90. The second-order valence-corrected chi connectivity index (χ2v) is 8.63. The van der Waals surface area contributed by atoms with Crippen LogP contribution in [-0.2, 0) is 7.05 Å². The molecule has 9 heteroatoms. The molecule has 0 radical (unpaired) electrons. The summed E-state index contributed by atoms with van der Waals surface area (Å²) in [6.45, 7) is 6.47. The molecule has 1 saturated heterocycles. The Morgan fingerprint density at radius 2 is 2.00 bits per heavy atom. The van der Waals surface area contributed by atoms with E-state index in [4.69, 9.17) is 9.47 Å². The minimum absolute atomic E-state index is 0.0387. The van der Waals surface area contributed by atoms with Crippen molar-refractivity contribution >= 4 is 34.6 Å². The number of fused-ring (bicyclic) bond motifs is 2. The number of hydrogen-bond acceptors (Lipinski definition) is 7. The third kappa shape index (κ3) is 3.74. The highest BCUT2D eigenvalue weighted by molar-refractivity contribution is 7.99. The van der Waals surface area contributed by atoms with Crippen LogP contribution >= 0.6 is 11.8 Å². The number of rotatable bonds is 3. The molecule has 4 heterocycles. The number of nitrogens with zero attached hydrogens (tertiary/aromatic N) is 4. The Labute approximate surface area is 179 Å². The average Bonchev–Trinajstić information content (AvgIpc) is 3.44. The number of aryl methyl sites for hydroxylation is 2. The van der Waals surface area contributed by atoms with E-state index in [9.17, 15) is 4.79 Å². The van der Waals surface area contributed by atoms with E-state index in [-0.39, 0.29) is 18.5 Å². The van der Waals surface area contributed by atoms with E-state index in [1.807, 2.05) is 35.4 Å². The molecular formula is C21H27N5O3S. The smallest absolute Gasteiger partial charge is 0.330 e. The number of imidazole rings is 1. The van der Waals surface area contributed by atoms with E-state index >= 15 is 0 Å². The highest BCUT2D eigenvalue weighted by Gasteiger charge is 2.24. The van der Waals surface area contributed by atoms with Crippen LogP contribution in [0.5, 0.6) is 11.5 Å². The van der Waals surface area contributed by atoms with E-state index in [0.717, 1.165) is 40.4 Å². The molecule has 0 aliphatic carbocycles. The van der Waals surface area contributed by atoms with Gasteiger partial charge in [0.25, 0.3) is 0 Å². The van der Waals surface area contributed by atoms with Crippen molar-refractivity contribution in [2.45, 2.75) is 39.7 Å². The van der Waals surface area contributed by atoms with Gasteiger partial charge in [-0.25, -0.2) is 9.78 Å². The van der Waals surface area contributed by atoms with Crippen molar-refractivity contribution in [1.29, 1.82) is 0 Å². The summed E-state index contributed by atoms with van der Waals surface area (Å²) >= 11 is 1.87. The Hall–Kier alpha value is -2.68. The van der Waals surface area contributed by atoms with Gasteiger partial charge in [-0.15, -0.1) is 0 Å². The molecule has 1 aromatic carbocycles. The Morgan fingerprint density at radius 1 is 1.27 bits per heavy atom. The summed E-state index contributed by atoms with van der Waals surface area (Å²) in [5.41, 5.74) is 3.22. The van der Waals surface area contributed by atoms with E-state index in [0.29, 0.717) is 17.3 Å². The lowest BCUT2D eigenvalue weighted by Crippen LogP contribution is -2.26. The molecule has 1 N–H and O–H groups in total. The molecule has 0 amide bonds. The fourth-order valence-electron chi connectivity index (χ4n) is 3.55. The maximum absolute atomic E-state index is 12.7. The van der Waals surface area contributed by atoms with Gasteiger partial charge in [-0.1, -0.05) is 20.3 Å². The van der Waals surface area contributed by atoms with Gasteiger partial charge in [-0.05, 0) is 30.7 Å².